The molecule has 2 saturated heterocycles. The lowest BCUT2D eigenvalue weighted by molar-refractivity contribution is -0.126. The van der Waals surface area contributed by atoms with Gasteiger partial charge in [-0.1, -0.05) is 31.3 Å². The Hall–Kier alpha value is -3.58. The van der Waals surface area contributed by atoms with Crippen LogP contribution in [0.4, 0.5) is 9.52 Å². The predicted molar refractivity (Wildman–Crippen MR) is 164 cm³/mol. The maximum atomic E-state index is 14.8. The molecule has 13 heteroatoms. The second kappa shape index (κ2) is 14.0. The predicted octanol–water partition coefficient (Wildman–Crippen LogP) is 2.38. The number of thiazole rings is 1. The second-order valence-electron chi connectivity index (χ2n) is 12.0. The molecule has 5 rings (SSSR count). The average Bonchev–Trinajstić information content (AvgIpc) is 3.66. The smallest absolute Gasteiger partial charge is 0.266 e. The Labute approximate surface area is 261 Å². The van der Waals surface area contributed by atoms with Gasteiger partial charge in [-0.3, -0.25) is 19.2 Å². The third-order valence-electron chi connectivity index (χ3n) is 8.47. The minimum absolute atomic E-state index is 0.0518. The van der Waals surface area contributed by atoms with Crippen LogP contribution in [0.15, 0.2) is 18.2 Å². The molecule has 0 spiro atoms. The van der Waals surface area contributed by atoms with Gasteiger partial charge in [0.2, 0.25) is 11.8 Å². The van der Waals surface area contributed by atoms with Gasteiger partial charge < -0.3 is 30.1 Å². The molecule has 2 bridgehead atoms. The van der Waals surface area contributed by atoms with Crippen LogP contribution in [0.25, 0.3) is 0 Å². The van der Waals surface area contributed by atoms with Gasteiger partial charge in [0, 0.05) is 38.8 Å². The van der Waals surface area contributed by atoms with Crippen molar-refractivity contribution in [1.82, 2.24) is 25.4 Å². The number of halogens is 1. The summed E-state index contributed by atoms with van der Waals surface area (Å²) in [6.07, 6.45) is 2.17. The molecule has 11 nitrogen and oxygen atoms in total. The van der Waals surface area contributed by atoms with E-state index in [9.17, 15) is 23.6 Å². The first kappa shape index (κ1) is 31.8. The van der Waals surface area contributed by atoms with Crippen molar-refractivity contribution < 1.29 is 28.3 Å². The number of anilines is 1. The second-order valence-corrected chi connectivity index (χ2v) is 13.0. The summed E-state index contributed by atoms with van der Waals surface area (Å²) in [4.78, 5) is 64.5. The summed E-state index contributed by atoms with van der Waals surface area (Å²) in [6.45, 7) is 8.82. The monoisotopic (exact) mass is 628 g/mol. The summed E-state index contributed by atoms with van der Waals surface area (Å²) in [5.41, 5.74) is 1.30. The zero-order valence-corrected chi connectivity index (χ0v) is 26.4. The molecule has 4 heterocycles. The molecular formula is C31H41FN6O5S. The number of morpholine rings is 1. The number of carbonyl (C=O) groups is 4. The summed E-state index contributed by atoms with van der Waals surface area (Å²) >= 11 is 1.30. The fraction of sp³-hybridized carbons (Fsp3) is 0.581. The molecule has 0 saturated carbocycles. The van der Waals surface area contributed by atoms with Gasteiger partial charge in [0.05, 0.1) is 31.0 Å². The number of carbonyl (C=O) groups excluding carboxylic acids is 4. The number of rotatable bonds is 3. The number of nitrogens with one attached hydrogen (secondary N) is 2. The summed E-state index contributed by atoms with van der Waals surface area (Å²) in [5.74, 6) is -2.21. The van der Waals surface area contributed by atoms with Crippen molar-refractivity contribution in [2.45, 2.75) is 58.5 Å². The van der Waals surface area contributed by atoms with Crippen LogP contribution in [0.5, 0.6) is 0 Å². The molecule has 2 aromatic rings. The van der Waals surface area contributed by atoms with Crippen molar-refractivity contribution in [3.05, 3.63) is 45.7 Å². The van der Waals surface area contributed by atoms with E-state index in [1.54, 1.807) is 19.1 Å². The van der Waals surface area contributed by atoms with Crippen molar-refractivity contribution in [3.8, 4) is 0 Å². The van der Waals surface area contributed by atoms with Gasteiger partial charge in [-0.15, -0.1) is 0 Å². The Kier molecular flexibility index (Phi) is 10.1. The zero-order valence-electron chi connectivity index (χ0n) is 25.6. The highest BCUT2D eigenvalue weighted by Gasteiger charge is 2.37. The van der Waals surface area contributed by atoms with E-state index >= 15 is 0 Å². The van der Waals surface area contributed by atoms with Gasteiger partial charge in [0.25, 0.3) is 11.8 Å². The van der Waals surface area contributed by atoms with Crippen LogP contribution in [0.2, 0.25) is 0 Å². The Bertz CT molecular complexity index is 1390. The van der Waals surface area contributed by atoms with Crippen LogP contribution < -0.4 is 15.5 Å². The van der Waals surface area contributed by atoms with Crippen molar-refractivity contribution in [2.24, 2.45) is 5.92 Å². The number of benzene rings is 1. The van der Waals surface area contributed by atoms with Crippen LogP contribution in [0.3, 0.4) is 0 Å². The average molecular weight is 629 g/mol. The number of aryl methyl sites for hydroxylation is 2. The molecule has 0 unspecified atom stereocenters. The third-order valence-corrected chi connectivity index (χ3v) is 9.68. The molecule has 2 N–H and O–H groups in total. The zero-order chi connectivity index (χ0) is 31.4. The SMILES string of the molecule is Cc1nc(N2CCOCC2)sc1C(=O)N1CC(=O)NCCCc2ccc(F)c(c2)C(=O)N2CCC[C@H]2C(=O)N[C@H](C(C)C)C1. The largest absolute Gasteiger partial charge is 0.378 e. The molecule has 0 radical (unpaired) electrons. The minimum Gasteiger partial charge on any atom is -0.378 e. The van der Waals surface area contributed by atoms with Crippen LogP contribution in [-0.4, -0.2) is 103 Å². The molecule has 3 aliphatic rings. The molecule has 4 amide bonds. The van der Waals surface area contributed by atoms with Crippen molar-refractivity contribution in [2.75, 3.05) is 57.4 Å². The summed E-state index contributed by atoms with van der Waals surface area (Å²) in [5, 5.41) is 6.69. The van der Waals surface area contributed by atoms with Gasteiger partial charge in [0.15, 0.2) is 5.13 Å². The first-order chi connectivity index (χ1) is 21.1. The molecule has 2 atom stereocenters. The molecule has 3 aliphatic heterocycles. The first-order valence-corrected chi connectivity index (χ1v) is 16.2. The van der Waals surface area contributed by atoms with Gasteiger partial charge >= 0.3 is 0 Å². The van der Waals surface area contributed by atoms with Crippen LogP contribution in [-0.2, 0) is 20.7 Å². The van der Waals surface area contributed by atoms with Crippen LogP contribution in [0, 0.1) is 18.7 Å². The highest BCUT2D eigenvalue weighted by atomic mass is 32.1. The van der Waals surface area contributed by atoms with Crippen LogP contribution in [0.1, 0.15) is 64.4 Å². The number of amides is 4. The Balaban J connectivity index is 1.43. The molecule has 238 valence electrons. The highest BCUT2D eigenvalue weighted by molar-refractivity contribution is 7.17. The van der Waals surface area contributed by atoms with E-state index in [-0.39, 0.29) is 42.3 Å². The van der Waals surface area contributed by atoms with Gasteiger partial charge in [-0.25, -0.2) is 9.37 Å². The van der Waals surface area contributed by atoms with Crippen molar-refractivity contribution in [1.29, 1.82) is 0 Å². The molecule has 1 aromatic heterocycles. The van der Waals surface area contributed by atoms with Gasteiger partial charge in [-0.2, -0.15) is 0 Å². The minimum atomic E-state index is -0.755. The van der Waals surface area contributed by atoms with Gasteiger partial charge in [0.1, 0.15) is 16.7 Å². The number of aromatic nitrogens is 1. The molecular weight excluding hydrogens is 587 g/mol. The third kappa shape index (κ3) is 7.20. The van der Waals surface area contributed by atoms with E-state index < -0.39 is 23.8 Å². The van der Waals surface area contributed by atoms with E-state index in [0.29, 0.717) is 75.6 Å². The summed E-state index contributed by atoms with van der Waals surface area (Å²) in [6, 6.07) is 3.20. The lowest BCUT2D eigenvalue weighted by Crippen LogP contribution is -2.54. The van der Waals surface area contributed by atoms with E-state index in [1.165, 1.54) is 27.2 Å². The number of fused-ring (bicyclic) bond motifs is 3. The molecule has 2 fully saturated rings. The van der Waals surface area contributed by atoms with E-state index in [1.807, 2.05) is 13.8 Å². The van der Waals surface area contributed by atoms with E-state index in [2.05, 4.69) is 20.5 Å². The first-order valence-electron chi connectivity index (χ1n) is 15.4. The summed E-state index contributed by atoms with van der Waals surface area (Å²) < 4.78 is 20.3. The Morgan fingerprint density at radius 2 is 1.91 bits per heavy atom. The number of hydrogen-bond acceptors (Lipinski definition) is 8. The molecule has 0 aliphatic carbocycles. The number of nitrogens with zero attached hydrogens (tertiary/aromatic N) is 4. The molecule has 1 aromatic carbocycles. The normalized spacial score (nSPS) is 22.5. The fourth-order valence-electron chi connectivity index (χ4n) is 5.85. The van der Waals surface area contributed by atoms with E-state index in [4.69, 9.17) is 4.74 Å². The fourth-order valence-corrected chi connectivity index (χ4v) is 6.94. The Morgan fingerprint density at radius 1 is 1.14 bits per heavy atom. The maximum absolute atomic E-state index is 14.8. The van der Waals surface area contributed by atoms with Crippen molar-refractivity contribution in [3.63, 3.8) is 0 Å². The van der Waals surface area contributed by atoms with Crippen molar-refractivity contribution >= 4 is 40.1 Å². The quantitative estimate of drug-likeness (QED) is 0.535. The maximum Gasteiger partial charge on any atom is 0.266 e. The topological polar surface area (TPSA) is 124 Å². The lowest BCUT2D eigenvalue weighted by atomic mass is 10.0. The summed E-state index contributed by atoms with van der Waals surface area (Å²) in [7, 11) is 0. The highest BCUT2D eigenvalue weighted by Crippen LogP contribution is 2.28. The standard InChI is InChI=1S/C31H41FN6O5S/c1-19(2)24-17-37(30(42)27-20(3)34-31(44-27)36-12-14-43-15-13-36)18-26(39)33-10-4-6-21-8-9-23(32)22(16-21)29(41)38-11-5-7-25(38)28(40)35-24/h8-9,16,19,24-25H,4-7,10-15,17-18H2,1-3H3,(H,33,39)(H,35,40)/t24-,25-/m0/s1. The Morgan fingerprint density at radius 3 is 2.66 bits per heavy atom. The number of ether oxygens (including phenoxy) is 1. The van der Waals surface area contributed by atoms with Crippen LogP contribution >= 0.6 is 11.3 Å². The van der Waals surface area contributed by atoms with Gasteiger partial charge in [-0.05, 0) is 56.2 Å². The lowest BCUT2D eigenvalue weighted by Gasteiger charge is -2.32. The number of hydrogen-bond donors (Lipinski definition) is 2. The molecule has 44 heavy (non-hydrogen) atoms. The van der Waals surface area contributed by atoms with E-state index in [0.717, 1.165) is 10.7 Å².